The first kappa shape index (κ1) is 7.98. The Labute approximate surface area is 50.8 Å². The molecule has 1 aliphatic carbocycles. The zero-order chi connectivity index (χ0) is 6.24. The molecular formula is C5H13BO2. The molecule has 0 aromatic heterocycles. The quantitative estimate of drug-likeness (QED) is 0.443. The van der Waals surface area contributed by atoms with Crippen molar-refractivity contribution in [3.8, 4) is 0 Å². The zero-order valence-corrected chi connectivity index (χ0v) is 5.14. The molecule has 0 radical (unpaired) electrons. The van der Waals surface area contributed by atoms with E-state index in [2.05, 4.69) is 0 Å². The van der Waals surface area contributed by atoms with Crippen LogP contribution in [0.5, 0.6) is 0 Å². The summed E-state index contributed by atoms with van der Waals surface area (Å²) in [6.45, 7) is 0. The second kappa shape index (κ2) is 6.98. The molecule has 0 atom stereocenters. The molecule has 1 saturated carbocycles. The fourth-order valence-corrected chi connectivity index (χ4v) is 0.884. The number of hydrogen-bond donors (Lipinski definition) is 2. The van der Waals surface area contributed by atoms with E-state index in [9.17, 15) is 0 Å². The molecule has 2 nitrogen and oxygen atoms in total. The summed E-state index contributed by atoms with van der Waals surface area (Å²) in [4.78, 5) is 0. The van der Waals surface area contributed by atoms with Gasteiger partial charge in [-0.3, -0.25) is 0 Å². The SMILES string of the molecule is C1CCCC1.OBO. The van der Waals surface area contributed by atoms with Crippen LogP contribution in [0.1, 0.15) is 32.1 Å². The van der Waals surface area contributed by atoms with Gasteiger partial charge in [-0.25, -0.2) is 0 Å². The second-order valence-corrected chi connectivity index (χ2v) is 1.91. The minimum atomic E-state index is -0.750. The predicted octanol–water partition coefficient (Wildman–Crippen LogP) is 0.188. The fourth-order valence-electron chi connectivity index (χ4n) is 0.884. The van der Waals surface area contributed by atoms with Crippen LogP contribution in [0.2, 0.25) is 0 Å². The molecule has 0 aromatic carbocycles. The van der Waals surface area contributed by atoms with E-state index in [1.54, 1.807) is 0 Å². The van der Waals surface area contributed by atoms with E-state index in [4.69, 9.17) is 10.0 Å². The van der Waals surface area contributed by atoms with Gasteiger partial charge in [-0.2, -0.15) is 0 Å². The lowest BCUT2D eigenvalue weighted by Crippen LogP contribution is -1.75. The number of rotatable bonds is 0. The molecule has 0 saturated heterocycles. The van der Waals surface area contributed by atoms with Gasteiger partial charge in [0.15, 0.2) is 0 Å². The molecule has 1 fully saturated rings. The summed E-state index contributed by atoms with van der Waals surface area (Å²) in [6.07, 6.45) is 7.50. The molecule has 0 aliphatic heterocycles. The van der Waals surface area contributed by atoms with Gasteiger partial charge in [-0.05, 0) is 0 Å². The highest BCUT2D eigenvalue weighted by Crippen LogP contribution is 2.15. The van der Waals surface area contributed by atoms with Crippen LogP contribution in [0.3, 0.4) is 0 Å². The van der Waals surface area contributed by atoms with Gasteiger partial charge in [0.1, 0.15) is 0 Å². The maximum absolute atomic E-state index is 7.12. The number of hydrogen-bond acceptors (Lipinski definition) is 2. The maximum atomic E-state index is 7.12. The van der Waals surface area contributed by atoms with E-state index >= 15 is 0 Å². The third-order valence-electron chi connectivity index (χ3n) is 1.25. The summed E-state index contributed by atoms with van der Waals surface area (Å²) >= 11 is 0. The Morgan fingerprint density at radius 1 is 0.750 bits per heavy atom. The van der Waals surface area contributed by atoms with Crippen LogP contribution in [0.4, 0.5) is 0 Å². The van der Waals surface area contributed by atoms with Crippen LogP contribution in [-0.2, 0) is 0 Å². The first-order valence-corrected chi connectivity index (χ1v) is 3.13. The Morgan fingerprint density at radius 3 is 1.00 bits per heavy atom. The Kier molecular flexibility index (Phi) is 6.97. The third kappa shape index (κ3) is 5.98. The van der Waals surface area contributed by atoms with Crippen molar-refractivity contribution in [2.24, 2.45) is 0 Å². The van der Waals surface area contributed by atoms with Crippen LogP contribution in [0.25, 0.3) is 0 Å². The van der Waals surface area contributed by atoms with Crippen molar-refractivity contribution in [1.29, 1.82) is 0 Å². The molecular weight excluding hydrogens is 103 g/mol. The van der Waals surface area contributed by atoms with Gasteiger partial charge in [-0.15, -0.1) is 0 Å². The van der Waals surface area contributed by atoms with Gasteiger partial charge in [0.25, 0.3) is 0 Å². The molecule has 2 N–H and O–H groups in total. The molecule has 8 heavy (non-hydrogen) atoms. The predicted molar refractivity (Wildman–Crippen MR) is 34.7 cm³/mol. The molecule has 0 aromatic rings. The first-order valence-electron chi connectivity index (χ1n) is 3.13. The van der Waals surface area contributed by atoms with Gasteiger partial charge in [0.05, 0.1) is 0 Å². The Bertz CT molecular complexity index is 29.8. The second-order valence-electron chi connectivity index (χ2n) is 1.91. The first-order chi connectivity index (χ1) is 3.91. The van der Waals surface area contributed by atoms with Crippen LogP contribution < -0.4 is 0 Å². The van der Waals surface area contributed by atoms with Gasteiger partial charge >= 0.3 is 7.69 Å². The summed E-state index contributed by atoms with van der Waals surface area (Å²) in [5.74, 6) is 0. The van der Waals surface area contributed by atoms with E-state index in [1.807, 2.05) is 0 Å². The molecule has 1 rings (SSSR count). The van der Waals surface area contributed by atoms with E-state index < -0.39 is 7.69 Å². The molecule has 0 heterocycles. The lowest BCUT2D eigenvalue weighted by molar-refractivity contribution is 0.448. The Morgan fingerprint density at radius 2 is 0.875 bits per heavy atom. The molecule has 1 aliphatic rings. The van der Waals surface area contributed by atoms with Crippen LogP contribution in [-0.4, -0.2) is 17.7 Å². The third-order valence-corrected chi connectivity index (χ3v) is 1.25. The summed E-state index contributed by atoms with van der Waals surface area (Å²) in [6, 6.07) is 0. The van der Waals surface area contributed by atoms with Crippen molar-refractivity contribution in [2.45, 2.75) is 32.1 Å². The van der Waals surface area contributed by atoms with Gasteiger partial charge in [0.2, 0.25) is 0 Å². The molecule has 0 bridgehead atoms. The fraction of sp³-hybridized carbons (Fsp3) is 1.00. The van der Waals surface area contributed by atoms with E-state index in [1.165, 1.54) is 32.1 Å². The lowest BCUT2D eigenvalue weighted by Gasteiger charge is -1.67. The smallest absolute Gasteiger partial charge is 0.430 e. The van der Waals surface area contributed by atoms with Gasteiger partial charge in [-0.1, -0.05) is 32.1 Å². The highest BCUT2D eigenvalue weighted by molar-refractivity contribution is 6.13. The zero-order valence-electron chi connectivity index (χ0n) is 5.14. The maximum Gasteiger partial charge on any atom is 0.432 e. The average Bonchev–Trinajstić information content (AvgIpc) is 2.17. The molecule has 48 valence electrons. The summed E-state index contributed by atoms with van der Waals surface area (Å²) in [5, 5.41) is 14.2. The van der Waals surface area contributed by atoms with Crippen molar-refractivity contribution in [1.82, 2.24) is 0 Å². The van der Waals surface area contributed by atoms with E-state index in [0.29, 0.717) is 0 Å². The highest BCUT2D eigenvalue weighted by atomic mass is 16.4. The van der Waals surface area contributed by atoms with Crippen molar-refractivity contribution >= 4 is 7.69 Å². The van der Waals surface area contributed by atoms with E-state index in [0.717, 1.165) is 0 Å². The minimum Gasteiger partial charge on any atom is -0.430 e. The minimum absolute atomic E-state index is 0.750. The molecule has 0 spiro atoms. The van der Waals surface area contributed by atoms with Crippen molar-refractivity contribution in [2.75, 3.05) is 0 Å². The monoisotopic (exact) mass is 116 g/mol. The topological polar surface area (TPSA) is 40.5 Å². The Balaban J connectivity index is 0.000000145. The summed E-state index contributed by atoms with van der Waals surface area (Å²) in [5.41, 5.74) is 0. The Hall–Kier alpha value is -0.0151. The summed E-state index contributed by atoms with van der Waals surface area (Å²) < 4.78 is 0. The summed E-state index contributed by atoms with van der Waals surface area (Å²) in [7, 11) is -0.750. The van der Waals surface area contributed by atoms with Gasteiger partial charge < -0.3 is 10.0 Å². The van der Waals surface area contributed by atoms with E-state index in [-0.39, 0.29) is 0 Å². The standard InChI is InChI=1S/C5H10.BH3O2/c1-2-4-5-3-1;2-1-3/h1-5H2;1-3H. The van der Waals surface area contributed by atoms with Crippen molar-refractivity contribution in [3.05, 3.63) is 0 Å². The molecule has 0 unspecified atom stereocenters. The normalized spacial score (nSPS) is 16.8. The molecule has 3 heteroatoms. The largest absolute Gasteiger partial charge is 0.432 e. The van der Waals surface area contributed by atoms with Gasteiger partial charge in [0, 0.05) is 0 Å². The lowest BCUT2D eigenvalue weighted by atomic mass is 10.4. The average molecular weight is 116 g/mol. The highest BCUT2D eigenvalue weighted by Gasteiger charge is 1.95. The van der Waals surface area contributed by atoms with Crippen LogP contribution in [0.15, 0.2) is 0 Å². The van der Waals surface area contributed by atoms with Crippen molar-refractivity contribution in [3.63, 3.8) is 0 Å². The van der Waals surface area contributed by atoms with Crippen LogP contribution >= 0.6 is 0 Å². The van der Waals surface area contributed by atoms with Crippen LogP contribution in [0, 0.1) is 0 Å². The van der Waals surface area contributed by atoms with Crippen molar-refractivity contribution < 1.29 is 10.0 Å². The molecule has 0 amide bonds.